The van der Waals surface area contributed by atoms with Crippen LogP contribution in [0.2, 0.25) is 5.02 Å². The lowest BCUT2D eigenvalue weighted by Gasteiger charge is -2.26. The van der Waals surface area contributed by atoms with Gasteiger partial charge in [-0.15, -0.1) is 0 Å². The Balaban J connectivity index is 1.24. The molecule has 6 rings (SSSR count). The smallest absolute Gasteiger partial charge is 0.335 e. The molecule has 0 aliphatic carbocycles. The number of rotatable bonds is 8. The molecule has 0 radical (unpaired) electrons. The van der Waals surface area contributed by atoms with Gasteiger partial charge in [0, 0.05) is 20.6 Å². The second-order valence-electron chi connectivity index (χ2n) is 10.4. The van der Waals surface area contributed by atoms with Gasteiger partial charge < -0.3 is 9.47 Å². The van der Waals surface area contributed by atoms with Crippen molar-refractivity contribution in [2.75, 3.05) is 4.90 Å². The minimum Gasteiger partial charge on any atom is -0.489 e. The summed E-state index contributed by atoms with van der Waals surface area (Å²) in [6, 6.07) is 30.5. The molecular formula is C36H26BrClN2O5. The largest absolute Gasteiger partial charge is 0.489 e. The lowest BCUT2D eigenvalue weighted by atomic mass is 10.0. The van der Waals surface area contributed by atoms with Crippen molar-refractivity contribution in [1.29, 1.82) is 0 Å². The molecule has 0 spiro atoms. The summed E-state index contributed by atoms with van der Waals surface area (Å²) in [5, 5.41) is 5.11. The summed E-state index contributed by atoms with van der Waals surface area (Å²) >= 11 is 9.42. The number of imide groups is 2. The predicted octanol–water partition coefficient (Wildman–Crippen LogP) is 8.39. The molecule has 1 aliphatic rings. The highest BCUT2D eigenvalue weighted by atomic mass is 79.9. The topological polar surface area (TPSA) is 84.9 Å². The van der Waals surface area contributed by atoms with Crippen LogP contribution in [0.4, 0.5) is 10.5 Å². The van der Waals surface area contributed by atoms with Gasteiger partial charge in [-0.3, -0.25) is 14.9 Å². The van der Waals surface area contributed by atoms with Gasteiger partial charge in [-0.25, -0.2) is 9.69 Å². The van der Waals surface area contributed by atoms with Gasteiger partial charge in [-0.2, -0.15) is 0 Å². The third kappa shape index (κ3) is 6.62. The van der Waals surface area contributed by atoms with Crippen LogP contribution in [-0.4, -0.2) is 17.8 Å². The van der Waals surface area contributed by atoms with Crippen LogP contribution in [-0.2, 0) is 22.8 Å². The standard InChI is InChI=1S/C36H26BrClN2O5/c1-22-6-9-24-4-2-3-5-30(24)32(22)21-45-33-17-10-26(37)18-25(33)19-31-34(41)39-36(43)40(35(31)42)28-13-15-29(16-14-28)44-20-23-7-11-27(38)12-8-23/h2-19H,20-21H2,1H3,(H,39,41,43)/b31-19+. The van der Waals surface area contributed by atoms with Crippen molar-refractivity contribution >= 4 is 67.9 Å². The van der Waals surface area contributed by atoms with E-state index in [-0.39, 0.29) is 17.9 Å². The van der Waals surface area contributed by atoms with Crippen LogP contribution in [0.1, 0.15) is 22.3 Å². The van der Waals surface area contributed by atoms with Gasteiger partial charge >= 0.3 is 6.03 Å². The quantitative estimate of drug-likeness (QED) is 0.131. The summed E-state index contributed by atoms with van der Waals surface area (Å²) in [6.07, 6.45) is 1.44. The molecule has 1 fully saturated rings. The molecule has 224 valence electrons. The number of carbonyl (C=O) groups excluding carboxylic acids is 3. The van der Waals surface area contributed by atoms with E-state index in [0.717, 1.165) is 36.8 Å². The predicted molar refractivity (Wildman–Crippen MR) is 178 cm³/mol. The third-order valence-electron chi connectivity index (χ3n) is 7.43. The Labute approximate surface area is 273 Å². The van der Waals surface area contributed by atoms with E-state index in [2.05, 4.69) is 45.5 Å². The number of benzene rings is 5. The highest BCUT2D eigenvalue weighted by Crippen LogP contribution is 2.31. The second-order valence-corrected chi connectivity index (χ2v) is 11.8. The molecular weight excluding hydrogens is 656 g/mol. The monoisotopic (exact) mass is 680 g/mol. The first-order valence-electron chi connectivity index (χ1n) is 14.1. The summed E-state index contributed by atoms with van der Waals surface area (Å²) in [6.45, 7) is 2.63. The Morgan fingerprint density at radius 2 is 1.60 bits per heavy atom. The first-order chi connectivity index (χ1) is 21.8. The summed E-state index contributed by atoms with van der Waals surface area (Å²) in [4.78, 5) is 40.3. The maximum Gasteiger partial charge on any atom is 0.335 e. The Morgan fingerprint density at radius 1 is 0.844 bits per heavy atom. The molecule has 7 nitrogen and oxygen atoms in total. The average Bonchev–Trinajstić information content (AvgIpc) is 3.03. The van der Waals surface area contributed by atoms with Crippen LogP contribution >= 0.6 is 27.5 Å². The van der Waals surface area contributed by atoms with Crippen LogP contribution < -0.4 is 19.7 Å². The minimum absolute atomic E-state index is 0.207. The molecule has 5 aromatic rings. The molecule has 1 heterocycles. The van der Waals surface area contributed by atoms with E-state index >= 15 is 0 Å². The van der Waals surface area contributed by atoms with E-state index in [1.54, 1.807) is 48.5 Å². The number of carbonyl (C=O) groups is 3. The molecule has 0 bridgehead atoms. The van der Waals surface area contributed by atoms with Crippen molar-refractivity contribution in [2.24, 2.45) is 0 Å². The van der Waals surface area contributed by atoms with Crippen molar-refractivity contribution in [2.45, 2.75) is 20.1 Å². The van der Waals surface area contributed by atoms with Crippen molar-refractivity contribution in [3.8, 4) is 11.5 Å². The number of fused-ring (bicyclic) bond motifs is 1. The molecule has 9 heteroatoms. The second kappa shape index (κ2) is 13.0. The zero-order chi connectivity index (χ0) is 31.5. The maximum atomic E-state index is 13.6. The van der Waals surface area contributed by atoms with Gasteiger partial charge in [0.25, 0.3) is 11.8 Å². The van der Waals surface area contributed by atoms with E-state index in [1.165, 1.54) is 6.08 Å². The number of barbiturate groups is 1. The number of urea groups is 1. The molecule has 1 saturated heterocycles. The van der Waals surface area contributed by atoms with Crippen molar-refractivity contribution < 1.29 is 23.9 Å². The lowest BCUT2D eigenvalue weighted by Crippen LogP contribution is -2.54. The van der Waals surface area contributed by atoms with E-state index < -0.39 is 17.8 Å². The Bertz CT molecular complexity index is 1970. The highest BCUT2D eigenvalue weighted by molar-refractivity contribution is 9.10. The summed E-state index contributed by atoms with van der Waals surface area (Å²) in [7, 11) is 0. The Hall–Kier alpha value is -4.92. The molecule has 4 amide bonds. The number of ether oxygens (including phenoxy) is 2. The molecule has 45 heavy (non-hydrogen) atoms. The molecule has 0 aromatic heterocycles. The molecule has 0 unspecified atom stereocenters. The van der Waals surface area contributed by atoms with Crippen molar-refractivity contribution in [1.82, 2.24) is 5.32 Å². The van der Waals surface area contributed by atoms with Gasteiger partial charge in [-0.1, -0.05) is 76.1 Å². The van der Waals surface area contributed by atoms with Gasteiger partial charge in [0.15, 0.2) is 0 Å². The normalized spacial score (nSPS) is 14.2. The van der Waals surface area contributed by atoms with Crippen molar-refractivity contribution in [3.05, 3.63) is 140 Å². The number of amides is 4. The highest BCUT2D eigenvalue weighted by Gasteiger charge is 2.37. The maximum absolute atomic E-state index is 13.6. The first-order valence-corrected chi connectivity index (χ1v) is 15.2. The number of anilines is 1. The van der Waals surface area contributed by atoms with Gasteiger partial charge in [0.1, 0.15) is 30.3 Å². The van der Waals surface area contributed by atoms with Crippen LogP contribution in [0.3, 0.4) is 0 Å². The number of aryl methyl sites for hydroxylation is 1. The van der Waals surface area contributed by atoms with Crippen LogP contribution in [0, 0.1) is 6.92 Å². The summed E-state index contributed by atoms with van der Waals surface area (Å²) in [5.74, 6) is -0.526. The zero-order valence-corrected chi connectivity index (χ0v) is 26.4. The zero-order valence-electron chi connectivity index (χ0n) is 24.1. The van der Waals surface area contributed by atoms with Gasteiger partial charge in [0.2, 0.25) is 0 Å². The fraction of sp³-hybridized carbons (Fsp3) is 0.0833. The average molecular weight is 682 g/mol. The third-order valence-corrected chi connectivity index (χ3v) is 8.18. The summed E-state index contributed by atoms with van der Waals surface area (Å²) in [5.41, 5.74) is 3.64. The number of nitrogens with one attached hydrogen (secondary N) is 1. The van der Waals surface area contributed by atoms with Crippen molar-refractivity contribution in [3.63, 3.8) is 0 Å². The Kier molecular flexibility index (Phi) is 8.69. The summed E-state index contributed by atoms with van der Waals surface area (Å²) < 4.78 is 12.8. The number of nitrogens with zero attached hydrogens (tertiary/aromatic N) is 1. The number of halogens is 2. The molecule has 0 saturated carbocycles. The number of hydrogen-bond acceptors (Lipinski definition) is 5. The van der Waals surface area contributed by atoms with E-state index in [4.69, 9.17) is 21.1 Å². The fourth-order valence-corrected chi connectivity index (χ4v) is 5.54. The minimum atomic E-state index is -0.839. The van der Waals surface area contributed by atoms with Crippen LogP contribution in [0.15, 0.2) is 113 Å². The van der Waals surface area contributed by atoms with E-state index in [0.29, 0.717) is 28.7 Å². The number of hydrogen-bond donors (Lipinski definition) is 1. The lowest BCUT2D eigenvalue weighted by molar-refractivity contribution is -0.122. The van der Waals surface area contributed by atoms with E-state index in [1.807, 2.05) is 37.3 Å². The van der Waals surface area contributed by atoms with Crippen LogP contribution in [0.25, 0.3) is 16.8 Å². The Morgan fingerprint density at radius 3 is 2.38 bits per heavy atom. The molecule has 0 atom stereocenters. The molecule has 5 aromatic carbocycles. The fourth-order valence-electron chi connectivity index (χ4n) is 5.04. The molecule has 1 aliphatic heterocycles. The van der Waals surface area contributed by atoms with Gasteiger partial charge in [-0.05, 0) is 89.5 Å². The SMILES string of the molecule is Cc1ccc2ccccc2c1COc1ccc(Br)cc1/C=C1\C(=O)NC(=O)N(c2ccc(OCc3ccc(Cl)cc3)cc2)C1=O. The van der Waals surface area contributed by atoms with Gasteiger partial charge in [0.05, 0.1) is 5.69 Å². The first kappa shape index (κ1) is 30.1. The van der Waals surface area contributed by atoms with Crippen LogP contribution in [0.5, 0.6) is 11.5 Å². The molecule has 1 N–H and O–H groups in total. The van der Waals surface area contributed by atoms with E-state index in [9.17, 15) is 14.4 Å².